The van der Waals surface area contributed by atoms with Crippen LogP contribution in [0.5, 0.6) is 0 Å². The van der Waals surface area contributed by atoms with Gasteiger partial charge in [-0.1, -0.05) is 12.1 Å². The van der Waals surface area contributed by atoms with Crippen LogP contribution in [0.1, 0.15) is 5.56 Å². The summed E-state index contributed by atoms with van der Waals surface area (Å²) in [6.07, 6.45) is 0.194. The molecule has 0 aliphatic rings. The highest BCUT2D eigenvalue weighted by Gasteiger charge is 2.23. The number of primary amides is 1. The van der Waals surface area contributed by atoms with Gasteiger partial charge in [-0.2, -0.15) is 0 Å². The van der Waals surface area contributed by atoms with Crippen LogP contribution >= 0.6 is 15.9 Å². The Morgan fingerprint density at radius 1 is 1.26 bits per heavy atom. The lowest BCUT2D eigenvalue weighted by atomic mass is 9.99. The van der Waals surface area contributed by atoms with Crippen LogP contribution in [0, 0.1) is 11.7 Å². The number of benzene rings is 1. The molecule has 0 aliphatic heterocycles. The van der Waals surface area contributed by atoms with Gasteiger partial charge in [0.15, 0.2) is 4.67 Å². The molecule has 0 radical (unpaired) electrons. The maximum Gasteiger partial charge on any atom is 0.274 e. The van der Waals surface area contributed by atoms with Crippen molar-refractivity contribution in [2.45, 2.75) is 11.5 Å². The molecule has 1 aromatic heterocycles. The fourth-order valence-electron chi connectivity index (χ4n) is 1.90. The zero-order valence-corrected chi connectivity index (χ0v) is 14.2. The fourth-order valence-corrected chi connectivity index (χ4v) is 3.33. The van der Waals surface area contributed by atoms with Gasteiger partial charge < -0.3 is 10.2 Å². The van der Waals surface area contributed by atoms with Crippen molar-refractivity contribution in [3.8, 4) is 0 Å². The molecule has 9 heteroatoms. The summed E-state index contributed by atoms with van der Waals surface area (Å²) < 4.78 is 44.5. The molecule has 0 unspecified atom stereocenters. The highest BCUT2D eigenvalue weighted by atomic mass is 79.9. The molecule has 0 bridgehead atoms. The number of rotatable bonds is 7. The lowest BCUT2D eigenvalue weighted by molar-refractivity contribution is -0.121. The van der Waals surface area contributed by atoms with Gasteiger partial charge in [0.25, 0.3) is 10.0 Å². The summed E-state index contributed by atoms with van der Waals surface area (Å²) in [4.78, 5) is 11.5. The molecule has 0 saturated carbocycles. The van der Waals surface area contributed by atoms with E-state index in [0.29, 0.717) is 5.56 Å². The molecule has 3 N–H and O–H groups in total. The van der Waals surface area contributed by atoms with Crippen LogP contribution in [-0.4, -0.2) is 20.9 Å². The van der Waals surface area contributed by atoms with E-state index in [2.05, 4.69) is 20.7 Å². The first-order valence-corrected chi connectivity index (χ1v) is 8.84. The Bertz CT molecular complexity index is 789. The summed E-state index contributed by atoms with van der Waals surface area (Å²) >= 11 is 3.01. The normalized spacial score (nSPS) is 13.0. The van der Waals surface area contributed by atoms with Crippen LogP contribution in [0.2, 0.25) is 0 Å². The van der Waals surface area contributed by atoms with E-state index in [1.54, 1.807) is 0 Å². The van der Waals surface area contributed by atoms with Crippen LogP contribution in [0.15, 0.2) is 50.6 Å². The molecule has 1 aromatic carbocycles. The molecular formula is C14H14BrFN2O4S. The molecule has 0 aliphatic carbocycles. The fraction of sp³-hybridized carbons (Fsp3) is 0.214. The summed E-state index contributed by atoms with van der Waals surface area (Å²) in [5.41, 5.74) is 5.98. The molecule has 23 heavy (non-hydrogen) atoms. The number of nitrogens with two attached hydrogens (primary N) is 1. The van der Waals surface area contributed by atoms with Gasteiger partial charge in [-0.3, -0.25) is 4.79 Å². The monoisotopic (exact) mass is 404 g/mol. The largest absolute Gasteiger partial charge is 0.437 e. The van der Waals surface area contributed by atoms with Crippen molar-refractivity contribution < 1.29 is 22.0 Å². The van der Waals surface area contributed by atoms with Crippen molar-refractivity contribution in [2.75, 3.05) is 6.54 Å². The number of hydrogen-bond acceptors (Lipinski definition) is 4. The zero-order chi connectivity index (χ0) is 17.0. The van der Waals surface area contributed by atoms with Gasteiger partial charge in [0.1, 0.15) is 5.82 Å². The molecule has 0 spiro atoms. The average Bonchev–Trinajstić information content (AvgIpc) is 2.92. The SMILES string of the molecule is NC(=O)[C@@H](CNS(=O)(=O)c1ccc(Br)o1)Cc1ccc(F)cc1. The molecule has 1 atom stereocenters. The van der Waals surface area contributed by atoms with E-state index < -0.39 is 27.7 Å². The summed E-state index contributed by atoms with van der Waals surface area (Å²) in [5.74, 6) is -1.82. The summed E-state index contributed by atoms with van der Waals surface area (Å²) in [5, 5.41) is -0.269. The number of amides is 1. The average molecular weight is 405 g/mol. The molecular weight excluding hydrogens is 391 g/mol. The predicted octanol–water partition coefficient (Wildman–Crippen LogP) is 1.80. The van der Waals surface area contributed by atoms with Crippen molar-refractivity contribution >= 4 is 31.9 Å². The Labute approximate surface area is 141 Å². The Kier molecular flexibility index (Phi) is 5.55. The Balaban J connectivity index is 2.05. The van der Waals surface area contributed by atoms with Crippen molar-refractivity contribution in [1.29, 1.82) is 0 Å². The maximum atomic E-state index is 12.9. The van der Waals surface area contributed by atoms with E-state index in [1.165, 1.54) is 36.4 Å². The summed E-state index contributed by atoms with van der Waals surface area (Å²) in [7, 11) is -3.88. The topological polar surface area (TPSA) is 102 Å². The van der Waals surface area contributed by atoms with Gasteiger partial charge in [-0.15, -0.1) is 0 Å². The lowest BCUT2D eigenvalue weighted by Gasteiger charge is -2.14. The molecule has 2 rings (SSSR count). The highest BCUT2D eigenvalue weighted by molar-refractivity contribution is 9.10. The Morgan fingerprint density at radius 3 is 2.43 bits per heavy atom. The summed E-state index contributed by atoms with van der Waals surface area (Å²) in [6.45, 7) is -0.187. The molecule has 1 amide bonds. The van der Waals surface area contributed by atoms with Crippen LogP contribution in [0.25, 0.3) is 0 Å². The Hall–Kier alpha value is -1.71. The van der Waals surface area contributed by atoms with E-state index in [-0.39, 0.29) is 22.7 Å². The van der Waals surface area contributed by atoms with Gasteiger partial charge in [-0.25, -0.2) is 17.5 Å². The summed E-state index contributed by atoms with van der Waals surface area (Å²) in [6, 6.07) is 8.28. The second-order valence-corrected chi connectivity index (χ2v) is 7.32. The van der Waals surface area contributed by atoms with E-state index in [1.807, 2.05) is 0 Å². The quantitative estimate of drug-likeness (QED) is 0.734. The molecule has 0 saturated heterocycles. The molecule has 0 fully saturated rings. The minimum atomic E-state index is -3.88. The first kappa shape index (κ1) is 17.6. The third-order valence-electron chi connectivity index (χ3n) is 3.13. The van der Waals surface area contributed by atoms with Crippen LogP contribution in [0.4, 0.5) is 4.39 Å². The van der Waals surface area contributed by atoms with E-state index in [9.17, 15) is 17.6 Å². The van der Waals surface area contributed by atoms with Crippen LogP contribution in [-0.2, 0) is 21.2 Å². The van der Waals surface area contributed by atoms with Crippen molar-refractivity contribution in [1.82, 2.24) is 4.72 Å². The number of furan rings is 1. The molecule has 6 nitrogen and oxygen atoms in total. The number of sulfonamides is 1. The highest BCUT2D eigenvalue weighted by Crippen LogP contribution is 2.18. The van der Waals surface area contributed by atoms with Crippen molar-refractivity contribution in [2.24, 2.45) is 11.7 Å². The third-order valence-corrected chi connectivity index (χ3v) is 4.85. The van der Waals surface area contributed by atoms with E-state index in [0.717, 1.165) is 0 Å². The van der Waals surface area contributed by atoms with Crippen LogP contribution < -0.4 is 10.5 Å². The third kappa shape index (κ3) is 4.88. The molecule has 2 aromatic rings. The van der Waals surface area contributed by atoms with Crippen molar-refractivity contribution in [3.05, 3.63) is 52.4 Å². The van der Waals surface area contributed by atoms with Gasteiger partial charge in [-0.05, 0) is 52.2 Å². The Morgan fingerprint density at radius 2 is 1.91 bits per heavy atom. The van der Waals surface area contributed by atoms with Gasteiger partial charge in [0, 0.05) is 6.54 Å². The maximum absolute atomic E-state index is 12.9. The second kappa shape index (κ2) is 7.24. The van der Waals surface area contributed by atoms with Crippen LogP contribution in [0.3, 0.4) is 0 Å². The van der Waals surface area contributed by atoms with E-state index in [4.69, 9.17) is 10.2 Å². The predicted molar refractivity (Wildman–Crippen MR) is 84.4 cm³/mol. The van der Waals surface area contributed by atoms with Gasteiger partial charge >= 0.3 is 0 Å². The van der Waals surface area contributed by atoms with Gasteiger partial charge in [0.2, 0.25) is 11.0 Å². The number of carbonyl (C=O) groups excluding carboxylic acids is 1. The number of halogens is 2. The zero-order valence-electron chi connectivity index (χ0n) is 11.8. The minimum Gasteiger partial charge on any atom is -0.437 e. The van der Waals surface area contributed by atoms with Gasteiger partial charge in [0.05, 0.1) is 5.92 Å². The van der Waals surface area contributed by atoms with E-state index >= 15 is 0 Å². The molecule has 1 heterocycles. The molecule has 124 valence electrons. The first-order chi connectivity index (χ1) is 10.8. The minimum absolute atomic E-state index is 0.187. The lowest BCUT2D eigenvalue weighted by Crippen LogP contribution is -2.37. The number of carbonyl (C=O) groups is 1. The second-order valence-electron chi connectivity index (χ2n) is 4.84. The number of hydrogen-bond donors (Lipinski definition) is 2. The first-order valence-electron chi connectivity index (χ1n) is 6.56. The standard InChI is InChI=1S/C14H14BrFN2O4S/c15-12-5-6-13(22-12)23(20,21)18-8-10(14(17)19)7-9-1-3-11(16)4-2-9/h1-6,10,18H,7-8H2,(H2,17,19)/t10-/m1/s1. The smallest absolute Gasteiger partial charge is 0.274 e. The number of nitrogens with one attached hydrogen (secondary N) is 1. The van der Waals surface area contributed by atoms with Crippen molar-refractivity contribution in [3.63, 3.8) is 0 Å².